The van der Waals surface area contributed by atoms with E-state index in [1.165, 1.54) is 0 Å². The van der Waals surface area contributed by atoms with Gasteiger partial charge in [0.15, 0.2) is 0 Å². The molecule has 1 aliphatic heterocycles. The van der Waals surface area contributed by atoms with Crippen molar-refractivity contribution in [2.45, 2.75) is 51.6 Å². The van der Waals surface area contributed by atoms with Crippen molar-refractivity contribution < 1.29 is 9.53 Å². The van der Waals surface area contributed by atoms with E-state index in [2.05, 4.69) is 28.2 Å². The van der Waals surface area contributed by atoms with E-state index in [0.717, 1.165) is 48.3 Å². The number of aryl methyl sites for hydroxylation is 1. The lowest BCUT2D eigenvalue weighted by Crippen LogP contribution is -2.40. The third kappa shape index (κ3) is 4.42. The van der Waals surface area contributed by atoms with Gasteiger partial charge in [-0.15, -0.1) is 0 Å². The number of hydrogen-bond donors (Lipinski definition) is 2. The minimum atomic E-state index is -0.338. The second-order valence-corrected chi connectivity index (χ2v) is 9.47. The molecule has 1 aromatic heterocycles. The van der Waals surface area contributed by atoms with Gasteiger partial charge in [-0.1, -0.05) is 0 Å². The fraction of sp³-hybridized carbons (Fsp3) is 0.480. The Balaban J connectivity index is 1.87. The molecule has 0 unspecified atom stereocenters. The van der Waals surface area contributed by atoms with Gasteiger partial charge in [0.1, 0.15) is 5.75 Å². The SMILES string of the molecule is COc1cc(C#N)cc(-c2c(C)ncc(C(=O)N[C@@H](C)C3CC3)c2N2CC[C@](C)(N)C2)c1. The van der Waals surface area contributed by atoms with E-state index < -0.39 is 0 Å². The van der Waals surface area contributed by atoms with Crippen LogP contribution in [0.1, 0.15) is 54.7 Å². The Hall–Kier alpha value is -3.11. The van der Waals surface area contributed by atoms with Crippen LogP contribution in [0, 0.1) is 24.2 Å². The van der Waals surface area contributed by atoms with Crippen LogP contribution < -0.4 is 20.7 Å². The largest absolute Gasteiger partial charge is 0.497 e. The molecule has 7 heteroatoms. The molecule has 1 aromatic carbocycles. The molecule has 1 saturated heterocycles. The molecule has 0 spiro atoms. The van der Waals surface area contributed by atoms with Crippen molar-refractivity contribution in [3.05, 3.63) is 41.2 Å². The molecule has 2 atom stereocenters. The highest BCUT2D eigenvalue weighted by molar-refractivity contribution is 6.04. The molecule has 7 nitrogen and oxygen atoms in total. The van der Waals surface area contributed by atoms with Gasteiger partial charge in [-0.05, 0) is 69.7 Å². The van der Waals surface area contributed by atoms with Crippen LogP contribution in [0.25, 0.3) is 11.1 Å². The molecule has 4 rings (SSSR count). The summed E-state index contributed by atoms with van der Waals surface area (Å²) in [6.07, 6.45) is 4.81. The summed E-state index contributed by atoms with van der Waals surface area (Å²) >= 11 is 0. The molecule has 2 fully saturated rings. The Labute approximate surface area is 189 Å². The second-order valence-electron chi connectivity index (χ2n) is 9.47. The fourth-order valence-corrected chi connectivity index (χ4v) is 4.53. The molecule has 1 amide bonds. The van der Waals surface area contributed by atoms with Gasteiger partial charge in [-0.3, -0.25) is 9.78 Å². The number of pyridine rings is 1. The van der Waals surface area contributed by atoms with Crippen LogP contribution in [0.4, 0.5) is 5.69 Å². The molecule has 1 aliphatic carbocycles. The number of methoxy groups -OCH3 is 1. The number of nitrogens with one attached hydrogen (secondary N) is 1. The number of nitrogens with two attached hydrogens (primary N) is 1. The van der Waals surface area contributed by atoms with Gasteiger partial charge in [0.25, 0.3) is 5.91 Å². The zero-order valence-electron chi connectivity index (χ0n) is 19.2. The quantitative estimate of drug-likeness (QED) is 0.724. The number of nitriles is 1. The Morgan fingerprint density at radius 3 is 2.75 bits per heavy atom. The van der Waals surface area contributed by atoms with Crippen molar-refractivity contribution in [3.8, 4) is 22.9 Å². The van der Waals surface area contributed by atoms with Crippen LogP contribution in [-0.2, 0) is 0 Å². The highest BCUT2D eigenvalue weighted by Gasteiger charge is 2.35. The zero-order valence-corrected chi connectivity index (χ0v) is 19.2. The molecule has 2 aromatic rings. The lowest BCUT2D eigenvalue weighted by molar-refractivity contribution is 0.0936. The first-order chi connectivity index (χ1) is 15.2. The number of anilines is 1. The number of benzene rings is 1. The van der Waals surface area contributed by atoms with Gasteiger partial charge in [0.05, 0.1) is 30.0 Å². The minimum Gasteiger partial charge on any atom is -0.497 e. The van der Waals surface area contributed by atoms with E-state index in [9.17, 15) is 10.1 Å². The Morgan fingerprint density at radius 2 is 2.16 bits per heavy atom. The Bertz CT molecular complexity index is 1080. The number of carbonyl (C=O) groups is 1. The average molecular weight is 434 g/mol. The number of ether oxygens (including phenoxy) is 1. The maximum atomic E-state index is 13.4. The van der Waals surface area contributed by atoms with Gasteiger partial charge in [-0.2, -0.15) is 5.26 Å². The molecule has 0 bridgehead atoms. The lowest BCUT2D eigenvalue weighted by atomic mass is 9.96. The van der Waals surface area contributed by atoms with Crippen molar-refractivity contribution >= 4 is 11.6 Å². The van der Waals surface area contributed by atoms with Gasteiger partial charge < -0.3 is 20.7 Å². The Morgan fingerprint density at radius 1 is 1.41 bits per heavy atom. The number of aromatic nitrogens is 1. The maximum Gasteiger partial charge on any atom is 0.255 e. The van der Waals surface area contributed by atoms with Gasteiger partial charge in [0, 0.05) is 42.1 Å². The molecule has 3 N–H and O–H groups in total. The monoisotopic (exact) mass is 433 g/mol. The third-order valence-corrected chi connectivity index (χ3v) is 6.55. The maximum absolute atomic E-state index is 13.4. The summed E-state index contributed by atoms with van der Waals surface area (Å²) in [5.74, 6) is 1.02. The number of amides is 1. The summed E-state index contributed by atoms with van der Waals surface area (Å²) in [7, 11) is 1.58. The summed E-state index contributed by atoms with van der Waals surface area (Å²) in [6, 6.07) is 7.74. The molecular formula is C25H31N5O2. The number of nitrogens with zero attached hydrogens (tertiary/aromatic N) is 3. The molecule has 32 heavy (non-hydrogen) atoms. The first-order valence-electron chi connectivity index (χ1n) is 11.2. The van der Waals surface area contributed by atoms with Gasteiger partial charge in [0.2, 0.25) is 0 Å². The zero-order chi connectivity index (χ0) is 23.0. The molecule has 2 heterocycles. The van der Waals surface area contributed by atoms with Crippen LogP contribution in [-0.4, -0.2) is 42.7 Å². The van der Waals surface area contributed by atoms with E-state index >= 15 is 0 Å². The molecule has 0 radical (unpaired) electrons. The van der Waals surface area contributed by atoms with Crippen LogP contribution in [0.15, 0.2) is 24.4 Å². The molecule has 168 valence electrons. The number of rotatable bonds is 6. The van der Waals surface area contributed by atoms with E-state index in [1.54, 1.807) is 19.4 Å². The van der Waals surface area contributed by atoms with E-state index in [1.807, 2.05) is 26.0 Å². The van der Waals surface area contributed by atoms with Crippen LogP contribution in [0.2, 0.25) is 0 Å². The highest BCUT2D eigenvalue weighted by atomic mass is 16.5. The standard InChI is InChI=1S/C25H31N5O2/c1-15(18-5-6-18)29-24(31)21-13-28-16(2)22(23(21)30-8-7-25(3,27)14-30)19-9-17(12-26)10-20(11-19)32-4/h9-11,13,15,18H,5-8,14,27H2,1-4H3,(H,29,31)/t15-,25-/m0/s1. The number of hydrogen-bond acceptors (Lipinski definition) is 6. The molecule has 2 aliphatic rings. The minimum absolute atomic E-state index is 0.123. The first kappa shape index (κ1) is 22.1. The predicted octanol–water partition coefficient (Wildman–Crippen LogP) is 3.39. The van der Waals surface area contributed by atoms with E-state index in [0.29, 0.717) is 29.3 Å². The van der Waals surface area contributed by atoms with E-state index in [-0.39, 0.29) is 17.5 Å². The van der Waals surface area contributed by atoms with Crippen molar-refractivity contribution in [1.82, 2.24) is 10.3 Å². The summed E-state index contributed by atoms with van der Waals surface area (Å²) in [5, 5.41) is 12.7. The van der Waals surface area contributed by atoms with Crippen LogP contribution in [0.3, 0.4) is 0 Å². The van der Waals surface area contributed by atoms with Gasteiger partial charge >= 0.3 is 0 Å². The summed E-state index contributed by atoms with van der Waals surface area (Å²) < 4.78 is 5.44. The number of carbonyl (C=O) groups excluding carboxylic acids is 1. The molecule has 1 saturated carbocycles. The predicted molar refractivity (Wildman–Crippen MR) is 125 cm³/mol. The summed E-state index contributed by atoms with van der Waals surface area (Å²) in [6.45, 7) is 7.41. The average Bonchev–Trinajstić information content (AvgIpc) is 3.55. The van der Waals surface area contributed by atoms with Crippen molar-refractivity contribution in [2.75, 3.05) is 25.1 Å². The summed E-state index contributed by atoms with van der Waals surface area (Å²) in [5.41, 5.74) is 10.4. The normalized spacial score (nSPS) is 21.2. The van der Waals surface area contributed by atoms with Crippen molar-refractivity contribution in [1.29, 1.82) is 5.26 Å². The van der Waals surface area contributed by atoms with Crippen LogP contribution >= 0.6 is 0 Å². The first-order valence-corrected chi connectivity index (χ1v) is 11.2. The Kier molecular flexibility index (Phi) is 5.83. The van der Waals surface area contributed by atoms with Gasteiger partial charge in [-0.25, -0.2) is 0 Å². The topological polar surface area (TPSA) is 104 Å². The van der Waals surface area contributed by atoms with Crippen molar-refractivity contribution in [2.24, 2.45) is 11.7 Å². The summed E-state index contributed by atoms with van der Waals surface area (Å²) in [4.78, 5) is 20.1. The van der Waals surface area contributed by atoms with Crippen LogP contribution in [0.5, 0.6) is 5.75 Å². The second kappa shape index (κ2) is 8.44. The lowest BCUT2D eigenvalue weighted by Gasteiger charge is -2.28. The third-order valence-electron chi connectivity index (χ3n) is 6.55. The van der Waals surface area contributed by atoms with Crippen molar-refractivity contribution in [3.63, 3.8) is 0 Å². The highest BCUT2D eigenvalue weighted by Crippen LogP contribution is 2.40. The molecular weight excluding hydrogens is 402 g/mol. The fourth-order valence-electron chi connectivity index (χ4n) is 4.53. The smallest absolute Gasteiger partial charge is 0.255 e. The van der Waals surface area contributed by atoms with E-state index in [4.69, 9.17) is 10.5 Å².